The molecular formula is C23H24ClN5O3. The van der Waals surface area contributed by atoms with Gasteiger partial charge >= 0.3 is 6.03 Å². The highest BCUT2D eigenvalue weighted by atomic mass is 35.5. The molecule has 1 saturated heterocycles. The third-order valence-corrected chi connectivity index (χ3v) is 5.65. The first-order chi connectivity index (χ1) is 15.5. The lowest BCUT2D eigenvalue weighted by atomic mass is 10.1. The fourth-order valence-corrected chi connectivity index (χ4v) is 3.91. The van der Waals surface area contributed by atoms with Crippen LogP contribution in [0.25, 0.3) is 10.9 Å². The van der Waals surface area contributed by atoms with Gasteiger partial charge in [-0.15, -0.1) is 0 Å². The minimum atomic E-state index is -0.236. The highest BCUT2D eigenvalue weighted by molar-refractivity contribution is 6.30. The molecule has 0 radical (unpaired) electrons. The van der Waals surface area contributed by atoms with E-state index in [-0.39, 0.29) is 30.8 Å². The number of carbonyl (C=O) groups is 3. The molecule has 32 heavy (non-hydrogen) atoms. The van der Waals surface area contributed by atoms with Crippen molar-refractivity contribution in [3.8, 4) is 0 Å². The second-order valence-electron chi connectivity index (χ2n) is 7.57. The number of halogens is 1. The number of nitrogens with one attached hydrogen (secondary N) is 3. The Morgan fingerprint density at radius 2 is 1.72 bits per heavy atom. The van der Waals surface area contributed by atoms with Crippen molar-refractivity contribution >= 4 is 46.0 Å². The third-order valence-electron chi connectivity index (χ3n) is 5.41. The van der Waals surface area contributed by atoms with E-state index in [1.807, 2.05) is 24.3 Å². The van der Waals surface area contributed by atoms with E-state index in [1.54, 1.807) is 40.3 Å². The van der Waals surface area contributed by atoms with Gasteiger partial charge in [-0.3, -0.25) is 9.59 Å². The number of hydrogen-bond donors (Lipinski definition) is 3. The number of aromatic nitrogens is 1. The summed E-state index contributed by atoms with van der Waals surface area (Å²) in [5.41, 5.74) is 2.18. The van der Waals surface area contributed by atoms with Crippen LogP contribution in [0.15, 0.2) is 54.7 Å². The van der Waals surface area contributed by atoms with Crippen molar-refractivity contribution in [1.82, 2.24) is 20.1 Å². The molecular weight excluding hydrogens is 430 g/mol. The van der Waals surface area contributed by atoms with Crippen LogP contribution in [0.5, 0.6) is 0 Å². The zero-order valence-corrected chi connectivity index (χ0v) is 18.2. The minimum absolute atomic E-state index is 0.0415. The third kappa shape index (κ3) is 5.03. The van der Waals surface area contributed by atoms with E-state index in [4.69, 9.17) is 11.6 Å². The van der Waals surface area contributed by atoms with Crippen molar-refractivity contribution < 1.29 is 14.4 Å². The number of H-pyrrole nitrogens is 1. The van der Waals surface area contributed by atoms with Crippen LogP contribution in [-0.2, 0) is 4.79 Å². The number of nitrogens with zero attached hydrogens (tertiary/aromatic N) is 2. The summed E-state index contributed by atoms with van der Waals surface area (Å²) in [6.07, 6.45) is 1.89. The molecule has 1 aliphatic rings. The molecule has 8 nitrogen and oxygen atoms in total. The van der Waals surface area contributed by atoms with Gasteiger partial charge in [-0.25, -0.2) is 4.79 Å². The molecule has 0 aliphatic carbocycles. The molecule has 0 spiro atoms. The lowest BCUT2D eigenvalue weighted by Crippen LogP contribution is -2.53. The second-order valence-corrected chi connectivity index (χ2v) is 8.00. The number of anilines is 1. The number of benzene rings is 2. The molecule has 1 fully saturated rings. The van der Waals surface area contributed by atoms with Crippen LogP contribution in [0, 0.1) is 0 Å². The van der Waals surface area contributed by atoms with Crippen LogP contribution in [0.1, 0.15) is 16.8 Å². The molecule has 2 heterocycles. The standard InChI is InChI=1S/C23H24ClN5O3/c24-16-4-3-5-17(14-16)27-21(30)8-9-25-23(32)29-12-10-28(11-13-29)22(31)19-15-26-20-7-2-1-6-18(19)20/h1-7,14-15,26H,8-13H2,(H,25,32)(H,27,30). The summed E-state index contributed by atoms with van der Waals surface area (Å²) in [5.74, 6) is -0.248. The second kappa shape index (κ2) is 9.74. The van der Waals surface area contributed by atoms with E-state index in [1.165, 1.54) is 0 Å². The predicted octanol–water partition coefficient (Wildman–Crippen LogP) is 3.32. The summed E-state index contributed by atoms with van der Waals surface area (Å²) in [6.45, 7) is 2.02. The van der Waals surface area contributed by atoms with Crippen molar-refractivity contribution in [1.29, 1.82) is 0 Å². The summed E-state index contributed by atoms with van der Waals surface area (Å²) in [4.78, 5) is 43.9. The maximum atomic E-state index is 12.9. The SMILES string of the molecule is O=C(CCNC(=O)N1CCN(C(=O)c2c[nH]c3ccccc23)CC1)Nc1cccc(Cl)c1. The largest absolute Gasteiger partial charge is 0.360 e. The number of amides is 4. The van der Waals surface area contributed by atoms with Gasteiger partial charge in [0.05, 0.1) is 5.56 Å². The van der Waals surface area contributed by atoms with Crippen molar-refractivity contribution in [3.05, 3.63) is 65.3 Å². The number of piperazine rings is 1. The van der Waals surface area contributed by atoms with Gasteiger partial charge in [0.15, 0.2) is 0 Å². The molecule has 9 heteroatoms. The topological polar surface area (TPSA) is 97.5 Å². The Bertz CT molecular complexity index is 1140. The first-order valence-corrected chi connectivity index (χ1v) is 10.8. The van der Waals surface area contributed by atoms with Crippen molar-refractivity contribution in [2.45, 2.75) is 6.42 Å². The van der Waals surface area contributed by atoms with Crippen molar-refractivity contribution in [2.24, 2.45) is 0 Å². The molecule has 166 valence electrons. The summed E-state index contributed by atoms with van der Waals surface area (Å²) in [7, 11) is 0. The van der Waals surface area contributed by atoms with Crippen molar-refractivity contribution in [3.63, 3.8) is 0 Å². The molecule has 3 N–H and O–H groups in total. The van der Waals surface area contributed by atoms with E-state index in [2.05, 4.69) is 15.6 Å². The molecule has 0 bridgehead atoms. The Morgan fingerprint density at radius 1 is 0.969 bits per heavy atom. The van der Waals surface area contributed by atoms with Gasteiger partial charge in [-0.05, 0) is 24.3 Å². The lowest BCUT2D eigenvalue weighted by Gasteiger charge is -2.34. The highest BCUT2D eigenvalue weighted by Gasteiger charge is 2.26. The van der Waals surface area contributed by atoms with Crippen LogP contribution in [0.2, 0.25) is 5.02 Å². The van der Waals surface area contributed by atoms with Gasteiger partial charge in [0.2, 0.25) is 5.91 Å². The Hall–Kier alpha value is -3.52. The number of aromatic amines is 1. The summed E-state index contributed by atoms with van der Waals surface area (Å²) in [6, 6.07) is 14.3. The number of rotatable bonds is 5. The monoisotopic (exact) mass is 453 g/mol. The zero-order valence-electron chi connectivity index (χ0n) is 17.4. The van der Waals surface area contributed by atoms with E-state index in [0.717, 1.165) is 10.9 Å². The van der Waals surface area contributed by atoms with E-state index < -0.39 is 0 Å². The fraction of sp³-hybridized carbons (Fsp3) is 0.261. The first kappa shape index (κ1) is 21.7. The number of hydrogen-bond acceptors (Lipinski definition) is 3. The molecule has 0 saturated carbocycles. The molecule has 4 rings (SSSR count). The average Bonchev–Trinajstić information content (AvgIpc) is 3.23. The molecule has 1 aromatic heterocycles. The molecule has 3 aromatic rings. The Morgan fingerprint density at radius 3 is 2.50 bits per heavy atom. The maximum Gasteiger partial charge on any atom is 0.317 e. The summed E-state index contributed by atoms with van der Waals surface area (Å²) in [5, 5.41) is 6.95. The summed E-state index contributed by atoms with van der Waals surface area (Å²) >= 11 is 5.90. The first-order valence-electron chi connectivity index (χ1n) is 10.4. The van der Waals surface area contributed by atoms with Gasteiger partial charge in [0, 0.05) is 67.0 Å². The van der Waals surface area contributed by atoms with Crippen LogP contribution in [0.4, 0.5) is 10.5 Å². The lowest BCUT2D eigenvalue weighted by molar-refractivity contribution is -0.116. The Balaban J connectivity index is 1.21. The Kier molecular flexibility index (Phi) is 6.61. The van der Waals surface area contributed by atoms with Crippen LogP contribution in [0.3, 0.4) is 0 Å². The van der Waals surface area contributed by atoms with E-state index in [9.17, 15) is 14.4 Å². The number of para-hydroxylation sites is 1. The predicted molar refractivity (Wildman–Crippen MR) is 124 cm³/mol. The van der Waals surface area contributed by atoms with Gasteiger partial charge < -0.3 is 25.4 Å². The summed E-state index contributed by atoms with van der Waals surface area (Å²) < 4.78 is 0. The van der Waals surface area contributed by atoms with Gasteiger partial charge in [0.25, 0.3) is 5.91 Å². The van der Waals surface area contributed by atoms with Crippen LogP contribution < -0.4 is 10.6 Å². The Labute approximate surface area is 190 Å². The number of fused-ring (bicyclic) bond motifs is 1. The number of urea groups is 1. The normalized spacial score (nSPS) is 13.8. The smallest absolute Gasteiger partial charge is 0.317 e. The fourth-order valence-electron chi connectivity index (χ4n) is 3.72. The van der Waals surface area contributed by atoms with Crippen LogP contribution >= 0.6 is 11.6 Å². The quantitative estimate of drug-likeness (QED) is 0.552. The maximum absolute atomic E-state index is 12.9. The van der Waals surface area contributed by atoms with E-state index in [0.29, 0.717) is 42.5 Å². The van der Waals surface area contributed by atoms with Gasteiger partial charge in [0.1, 0.15) is 0 Å². The van der Waals surface area contributed by atoms with Crippen LogP contribution in [-0.4, -0.2) is 65.4 Å². The molecule has 1 aliphatic heterocycles. The minimum Gasteiger partial charge on any atom is -0.360 e. The highest BCUT2D eigenvalue weighted by Crippen LogP contribution is 2.20. The molecule has 2 aromatic carbocycles. The van der Waals surface area contributed by atoms with Gasteiger partial charge in [-0.1, -0.05) is 35.9 Å². The van der Waals surface area contributed by atoms with Crippen molar-refractivity contribution in [2.75, 3.05) is 38.0 Å². The molecule has 0 unspecified atom stereocenters. The van der Waals surface area contributed by atoms with Gasteiger partial charge in [-0.2, -0.15) is 0 Å². The molecule has 4 amide bonds. The average molecular weight is 454 g/mol. The van der Waals surface area contributed by atoms with E-state index >= 15 is 0 Å². The molecule has 0 atom stereocenters. The number of carbonyl (C=O) groups excluding carboxylic acids is 3. The zero-order chi connectivity index (χ0) is 22.5.